The number of piperazine rings is 1. The number of aryl methyl sites for hydroxylation is 2. The van der Waals surface area contributed by atoms with Crippen LogP contribution in [0, 0.1) is 19.8 Å². The maximum atomic E-state index is 12.9. The molecule has 1 atom stereocenters. The fraction of sp³-hybridized carbons (Fsp3) is 0.647. The van der Waals surface area contributed by atoms with Gasteiger partial charge in [-0.3, -0.25) is 4.90 Å². The summed E-state index contributed by atoms with van der Waals surface area (Å²) in [5.41, 5.74) is 3.88. The van der Waals surface area contributed by atoms with Crippen LogP contribution in [-0.4, -0.2) is 43.5 Å². The lowest BCUT2D eigenvalue weighted by Gasteiger charge is -2.36. The van der Waals surface area contributed by atoms with E-state index in [9.17, 15) is 8.78 Å². The molecule has 1 unspecified atom stereocenters. The zero-order chi connectivity index (χ0) is 15.0. The summed E-state index contributed by atoms with van der Waals surface area (Å²) in [5, 5.41) is 0. The lowest BCUT2D eigenvalue weighted by molar-refractivity contribution is 0.0933. The van der Waals surface area contributed by atoms with E-state index in [2.05, 4.69) is 41.8 Å². The molecule has 1 saturated carbocycles. The molecule has 0 N–H and O–H groups in total. The first-order valence-electron chi connectivity index (χ1n) is 7.87. The summed E-state index contributed by atoms with van der Waals surface area (Å²) >= 11 is 0. The normalized spacial score (nSPS) is 25.1. The van der Waals surface area contributed by atoms with E-state index in [1.54, 1.807) is 0 Å². The summed E-state index contributed by atoms with van der Waals surface area (Å²) in [5.74, 6) is -2.71. The van der Waals surface area contributed by atoms with Gasteiger partial charge in [0.1, 0.15) is 0 Å². The van der Waals surface area contributed by atoms with Crippen molar-refractivity contribution in [2.75, 3.05) is 37.6 Å². The van der Waals surface area contributed by atoms with Gasteiger partial charge in [0.2, 0.25) is 0 Å². The second-order valence-corrected chi connectivity index (χ2v) is 6.63. The molecule has 4 heteroatoms. The van der Waals surface area contributed by atoms with E-state index in [0.717, 1.165) is 32.7 Å². The van der Waals surface area contributed by atoms with E-state index in [1.807, 2.05) is 0 Å². The molecule has 116 valence electrons. The third-order valence-corrected chi connectivity index (χ3v) is 4.69. The molecule has 0 amide bonds. The molecule has 3 rings (SSSR count). The highest BCUT2D eigenvalue weighted by molar-refractivity contribution is 5.51. The molecule has 2 aliphatic rings. The summed E-state index contributed by atoms with van der Waals surface area (Å²) in [4.78, 5) is 4.73. The minimum atomic E-state index is -2.36. The SMILES string of the molecule is Cc1cc(C)cc(N2CCN(CCC3CC3(F)F)CC2)c1. The van der Waals surface area contributed by atoms with Crippen molar-refractivity contribution < 1.29 is 8.78 Å². The second-order valence-electron chi connectivity index (χ2n) is 6.63. The zero-order valence-corrected chi connectivity index (χ0v) is 12.9. The quantitative estimate of drug-likeness (QED) is 0.839. The van der Waals surface area contributed by atoms with Crippen molar-refractivity contribution in [3.05, 3.63) is 29.3 Å². The summed E-state index contributed by atoms with van der Waals surface area (Å²) in [7, 11) is 0. The van der Waals surface area contributed by atoms with E-state index in [0.29, 0.717) is 6.42 Å². The number of hydrogen-bond acceptors (Lipinski definition) is 2. The summed E-state index contributed by atoms with van der Waals surface area (Å²) in [6.45, 7) is 9.01. The van der Waals surface area contributed by atoms with Gasteiger partial charge in [0.15, 0.2) is 0 Å². The largest absolute Gasteiger partial charge is 0.369 e. The highest BCUT2D eigenvalue weighted by Gasteiger charge is 2.56. The van der Waals surface area contributed by atoms with Gasteiger partial charge in [0.25, 0.3) is 5.92 Å². The molecule has 1 heterocycles. The Kier molecular flexibility index (Phi) is 3.91. The monoisotopic (exact) mass is 294 g/mol. The summed E-state index contributed by atoms with van der Waals surface area (Å²) in [6.07, 6.45) is 0.756. The van der Waals surface area contributed by atoms with Gasteiger partial charge in [-0.25, -0.2) is 8.78 Å². The molecule has 2 nitrogen and oxygen atoms in total. The molecule has 1 aromatic rings. The first-order valence-corrected chi connectivity index (χ1v) is 7.87. The first kappa shape index (κ1) is 14.8. The van der Waals surface area contributed by atoms with Crippen LogP contribution in [0.2, 0.25) is 0 Å². The van der Waals surface area contributed by atoms with Crippen LogP contribution in [0.3, 0.4) is 0 Å². The molecule has 1 saturated heterocycles. The summed E-state index contributed by atoms with van der Waals surface area (Å²) < 4.78 is 25.8. The molecule has 1 aliphatic heterocycles. The Morgan fingerprint density at radius 2 is 1.62 bits per heavy atom. The van der Waals surface area contributed by atoms with E-state index in [4.69, 9.17) is 0 Å². The van der Waals surface area contributed by atoms with Crippen molar-refractivity contribution >= 4 is 5.69 Å². The molecule has 1 aromatic carbocycles. The maximum Gasteiger partial charge on any atom is 0.251 e. The number of nitrogens with zero attached hydrogens (tertiary/aromatic N) is 2. The fourth-order valence-electron chi connectivity index (χ4n) is 3.28. The minimum Gasteiger partial charge on any atom is -0.369 e. The van der Waals surface area contributed by atoms with Crippen molar-refractivity contribution in [1.29, 1.82) is 0 Å². The van der Waals surface area contributed by atoms with Crippen molar-refractivity contribution in [2.24, 2.45) is 5.92 Å². The van der Waals surface area contributed by atoms with Crippen LogP contribution in [0.1, 0.15) is 24.0 Å². The third-order valence-electron chi connectivity index (χ3n) is 4.69. The van der Waals surface area contributed by atoms with E-state index >= 15 is 0 Å². The summed E-state index contributed by atoms with van der Waals surface area (Å²) in [6, 6.07) is 6.65. The van der Waals surface area contributed by atoms with Crippen LogP contribution in [-0.2, 0) is 0 Å². The third kappa shape index (κ3) is 3.54. The molecular weight excluding hydrogens is 270 g/mol. The first-order chi connectivity index (χ1) is 9.94. The number of benzene rings is 1. The van der Waals surface area contributed by atoms with Gasteiger partial charge < -0.3 is 4.90 Å². The highest BCUT2D eigenvalue weighted by Crippen LogP contribution is 2.50. The highest BCUT2D eigenvalue weighted by atomic mass is 19.3. The Balaban J connectivity index is 1.48. The zero-order valence-electron chi connectivity index (χ0n) is 12.9. The molecule has 0 spiro atoms. The van der Waals surface area contributed by atoms with Crippen molar-refractivity contribution in [2.45, 2.75) is 32.6 Å². The Morgan fingerprint density at radius 1 is 1.05 bits per heavy atom. The number of anilines is 1. The van der Waals surface area contributed by atoms with E-state index in [-0.39, 0.29) is 12.3 Å². The Morgan fingerprint density at radius 3 is 2.14 bits per heavy atom. The second kappa shape index (κ2) is 5.56. The average molecular weight is 294 g/mol. The fourth-order valence-corrected chi connectivity index (χ4v) is 3.28. The van der Waals surface area contributed by atoms with Crippen LogP contribution in [0.25, 0.3) is 0 Å². The van der Waals surface area contributed by atoms with E-state index in [1.165, 1.54) is 16.8 Å². The number of alkyl halides is 2. The predicted molar refractivity (Wildman–Crippen MR) is 82.2 cm³/mol. The van der Waals surface area contributed by atoms with Gasteiger partial charge in [-0.1, -0.05) is 6.07 Å². The van der Waals surface area contributed by atoms with Gasteiger partial charge in [-0.05, 0) is 50.1 Å². The smallest absolute Gasteiger partial charge is 0.251 e. The van der Waals surface area contributed by atoms with Gasteiger partial charge in [-0.2, -0.15) is 0 Å². The molecular formula is C17H24F2N2. The van der Waals surface area contributed by atoms with Gasteiger partial charge in [0.05, 0.1) is 0 Å². The van der Waals surface area contributed by atoms with Crippen LogP contribution < -0.4 is 4.90 Å². The Bertz CT molecular complexity index is 487. The molecule has 1 aliphatic carbocycles. The standard InChI is InChI=1S/C17H24F2N2/c1-13-9-14(2)11-16(10-13)21-7-5-20(6-8-21)4-3-15-12-17(15,18)19/h9-11,15H,3-8,12H2,1-2H3. The lowest BCUT2D eigenvalue weighted by Crippen LogP contribution is -2.46. The Hall–Kier alpha value is -1.16. The van der Waals surface area contributed by atoms with Gasteiger partial charge >= 0.3 is 0 Å². The van der Waals surface area contributed by atoms with Crippen LogP contribution >= 0.6 is 0 Å². The molecule has 21 heavy (non-hydrogen) atoms. The topological polar surface area (TPSA) is 6.48 Å². The molecule has 2 fully saturated rings. The number of halogens is 2. The van der Waals surface area contributed by atoms with Crippen molar-refractivity contribution in [3.8, 4) is 0 Å². The van der Waals surface area contributed by atoms with Crippen LogP contribution in [0.5, 0.6) is 0 Å². The van der Waals surface area contributed by atoms with Crippen LogP contribution in [0.4, 0.5) is 14.5 Å². The van der Waals surface area contributed by atoms with Crippen LogP contribution in [0.15, 0.2) is 18.2 Å². The number of rotatable bonds is 4. The van der Waals surface area contributed by atoms with Crippen molar-refractivity contribution in [1.82, 2.24) is 4.90 Å². The maximum absolute atomic E-state index is 12.9. The predicted octanol–water partition coefficient (Wildman–Crippen LogP) is 3.47. The Labute approximate surface area is 125 Å². The lowest BCUT2D eigenvalue weighted by atomic mass is 10.1. The molecule has 0 radical (unpaired) electrons. The van der Waals surface area contributed by atoms with Gasteiger partial charge in [0, 0.05) is 44.2 Å². The number of hydrogen-bond donors (Lipinski definition) is 0. The van der Waals surface area contributed by atoms with E-state index < -0.39 is 5.92 Å². The van der Waals surface area contributed by atoms with Crippen molar-refractivity contribution in [3.63, 3.8) is 0 Å². The van der Waals surface area contributed by atoms with Gasteiger partial charge in [-0.15, -0.1) is 0 Å². The molecule has 0 aromatic heterocycles. The molecule has 0 bridgehead atoms. The minimum absolute atomic E-state index is 0.107. The average Bonchev–Trinajstić information content (AvgIpc) is 3.03.